The molecular weight excluding hydrogens is 238 g/mol. The summed E-state index contributed by atoms with van der Waals surface area (Å²) in [6, 6.07) is 1.99. The van der Waals surface area contributed by atoms with Crippen LogP contribution in [0.1, 0.15) is 46.0 Å². The lowest BCUT2D eigenvalue weighted by molar-refractivity contribution is -0.145. The third-order valence-corrected chi connectivity index (χ3v) is 4.47. The van der Waals surface area contributed by atoms with Gasteiger partial charge in [-0.15, -0.1) is 0 Å². The van der Waals surface area contributed by atoms with E-state index >= 15 is 0 Å². The Kier molecular flexibility index (Phi) is 4.46. The van der Waals surface area contributed by atoms with Gasteiger partial charge in [-0.2, -0.15) is 5.26 Å². The number of nitriles is 1. The molecule has 0 aromatic heterocycles. The number of amides is 1. The molecule has 19 heavy (non-hydrogen) atoms. The van der Waals surface area contributed by atoms with Crippen molar-refractivity contribution >= 4 is 5.91 Å². The maximum absolute atomic E-state index is 13.0. The molecule has 1 atom stereocenters. The lowest BCUT2D eigenvalue weighted by Gasteiger charge is -2.40. The van der Waals surface area contributed by atoms with Gasteiger partial charge >= 0.3 is 0 Å². The molecule has 106 valence electrons. The molecule has 2 aliphatic rings. The lowest BCUT2D eigenvalue weighted by atomic mass is 9.77. The maximum Gasteiger partial charge on any atom is 0.229 e. The number of piperazine rings is 1. The Morgan fingerprint density at radius 3 is 2.74 bits per heavy atom. The van der Waals surface area contributed by atoms with E-state index in [1.54, 1.807) is 0 Å². The van der Waals surface area contributed by atoms with Gasteiger partial charge in [0, 0.05) is 25.0 Å². The first-order valence-electron chi connectivity index (χ1n) is 7.50. The summed E-state index contributed by atoms with van der Waals surface area (Å²) in [6.45, 7) is 6.47. The average molecular weight is 263 g/mol. The maximum atomic E-state index is 13.0. The summed E-state index contributed by atoms with van der Waals surface area (Å²) in [7, 11) is 0. The summed E-state index contributed by atoms with van der Waals surface area (Å²) in [5, 5.41) is 12.4. The summed E-state index contributed by atoms with van der Waals surface area (Å²) < 4.78 is 0. The van der Waals surface area contributed by atoms with Crippen molar-refractivity contribution < 1.29 is 4.79 Å². The normalized spacial score (nSPS) is 26.4. The van der Waals surface area contributed by atoms with Crippen LogP contribution in [0.4, 0.5) is 0 Å². The predicted octanol–water partition coefficient (Wildman–Crippen LogP) is 1.92. The van der Waals surface area contributed by atoms with Gasteiger partial charge < -0.3 is 10.2 Å². The van der Waals surface area contributed by atoms with Crippen molar-refractivity contribution in [3.63, 3.8) is 0 Å². The highest BCUT2D eigenvalue weighted by Gasteiger charge is 2.45. The van der Waals surface area contributed by atoms with E-state index in [1.807, 2.05) is 4.90 Å². The Bertz CT molecular complexity index is 366. The smallest absolute Gasteiger partial charge is 0.229 e. The second-order valence-corrected chi connectivity index (χ2v) is 6.43. The number of carbonyl (C=O) groups excluding carboxylic acids is 1. The Morgan fingerprint density at radius 1 is 1.47 bits per heavy atom. The van der Waals surface area contributed by atoms with Crippen LogP contribution in [0.3, 0.4) is 0 Å². The quantitative estimate of drug-likeness (QED) is 0.846. The summed E-state index contributed by atoms with van der Waals surface area (Å²) in [5.41, 5.74) is -0.180. The highest BCUT2D eigenvalue weighted by atomic mass is 16.2. The van der Waals surface area contributed by atoms with Crippen molar-refractivity contribution in [2.45, 2.75) is 52.0 Å². The van der Waals surface area contributed by atoms with E-state index in [0.717, 1.165) is 38.6 Å². The molecule has 1 unspecified atom stereocenters. The Morgan fingerprint density at radius 2 is 2.16 bits per heavy atom. The lowest BCUT2D eigenvalue weighted by Crippen LogP contribution is -2.56. The Hall–Kier alpha value is -1.08. The van der Waals surface area contributed by atoms with Gasteiger partial charge in [-0.3, -0.25) is 4.79 Å². The monoisotopic (exact) mass is 263 g/mol. The van der Waals surface area contributed by atoms with E-state index in [9.17, 15) is 10.1 Å². The van der Waals surface area contributed by atoms with Crippen LogP contribution in [0.15, 0.2) is 0 Å². The predicted molar refractivity (Wildman–Crippen MR) is 74.3 cm³/mol. The zero-order valence-electron chi connectivity index (χ0n) is 12.1. The Balaban J connectivity index is 2.17. The van der Waals surface area contributed by atoms with E-state index in [-0.39, 0.29) is 17.4 Å². The minimum Gasteiger partial charge on any atom is -0.324 e. The fourth-order valence-electron chi connectivity index (χ4n) is 3.71. The topological polar surface area (TPSA) is 56.1 Å². The highest BCUT2D eigenvalue weighted by Crippen LogP contribution is 2.45. The van der Waals surface area contributed by atoms with Crippen LogP contribution in [-0.4, -0.2) is 36.5 Å². The van der Waals surface area contributed by atoms with Gasteiger partial charge in [0.2, 0.25) is 5.91 Å². The number of hydrogen-bond acceptors (Lipinski definition) is 3. The van der Waals surface area contributed by atoms with Crippen LogP contribution in [0.25, 0.3) is 0 Å². The van der Waals surface area contributed by atoms with Gasteiger partial charge in [0.15, 0.2) is 0 Å². The molecule has 0 bridgehead atoms. The van der Waals surface area contributed by atoms with Crippen molar-refractivity contribution in [2.75, 3.05) is 19.6 Å². The first kappa shape index (κ1) is 14.3. The van der Waals surface area contributed by atoms with E-state index in [4.69, 9.17) is 0 Å². The number of carbonyl (C=O) groups is 1. The van der Waals surface area contributed by atoms with Crippen LogP contribution in [0, 0.1) is 22.7 Å². The minimum absolute atomic E-state index is 0.180. The molecule has 1 aliphatic carbocycles. The van der Waals surface area contributed by atoms with Crippen molar-refractivity contribution in [3.8, 4) is 6.07 Å². The van der Waals surface area contributed by atoms with Crippen LogP contribution < -0.4 is 5.32 Å². The number of nitrogens with one attached hydrogen (secondary N) is 1. The van der Waals surface area contributed by atoms with Crippen molar-refractivity contribution in [2.24, 2.45) is 11.3 Å². The summed E-state index contributed by atoms with van der Waals surface area (Å²) in [5.74, 6) is 0.775. The van der Waals surface area contributed by atoms with Crippen molar-refractivity contribution in [1.82, 2.24) is 10.2 Å². The zero-order valence-corrected chi connectivity index (χ0v) is 12.1. The molecule has 4 heteroatoms. The van der Waals surface area contributed by atoms with E-state index in [2.05, 4.69) is 25.2 Å². The third-order valence-electron chi connectivity index (χ3n) is 4.47. The average Bonchev–Trinajstić information content (AvgIpc) is 2.86. The highest BCUT2D eigenvalue weighted by molar-refractivity contribution is 5.83. The number of rotatable bonds is 3. The van der Waals surface area contributed by atoms with Gasteiger partial charge in [0.1, 0.15) is 6.04 Å². The van der Waals surface area contributed by atoms with Crippen molar-refractivity contribution in [3.05, 3.63) is 0 Å². The van der Waals surface area contributed by atoms with Crippen LogP contribution in [0.2, 0.25) is 0 Å². The van der Waals surface area contributed by atoms with E-state index in [0.29, 0.717) is 19.0 Å². The molecule has 1 aliphatic heterocycles. The molecule has 0 radical (unpaired) electrons. The first-order valence-corrected chi connectivity index (χ1v) is 7.50. The van der Waals surface area contributed by atoms with Crippen LogP contribution >= 0.6 is 0 Å². The molecule has 1 heterocycles. The minimum atomic E-state index is -0.286. The second-order valence-electron chi connectivity index (χ2n) is 6.43. The first-order chi connectivity index (χ1) is 9.09. The molecule has 0 spiro atoms. The largest absolute Gasteiger partial charge is 0.324 e. The summed E-state index contributed by atoms with van der Waals surface area (Å²) in [4.78, 5) is 14.8. The molecule has 1 N–H and O–H groups in total. The molecule has 1 saturated carbocycles. The van der Waals surface area contributed by atoms with Gasteiger partial charge in [-0.25, -0.2) is 0 Å². The fraction of sp³-hybridized carbons (Fsp3) is 0.867. The van der Waals surface area contributed by atoms with E-state index < -0.39 is 0 Å². The zero-order chi connectivity index (χ0) is 13.9. The van der Waals surface area contributed by atoms with Crippen LogP contribution in [0.5, 0.6) is 0 Å². The number of hydrogen-bond donors (Lipinski definition) is 1. The molecule has 2 fully saturated rings. The fourth-order valence-corrected chi connectivity index (χ4v) is 3.71. The molecule has 4 nitrogen and oxygen atoms in total. The summed E-state index contributed by atoms with van der Waals surface area (Å²) in [6.07, 6.45) is 5.29. The molecular formula is C15H25N3O. The van der Waals surface area contributed by atoms with Gasteiger partial charge in [-0.05, 0) is 25.2 Å². The molecule has 1 amide bonds. The standard InChI is InChI=1S/C15H25N3O/c1-12(2)9-15(5-3-4-6-15)14(19)18-8-7-17-11-13(18)10-16/h12-13,17H,3-9,11H2,1-2H3. The van der Waals surface area contributed by atoms with Crippen LogP contribution in [-0.2, 0) is 4.79 Å². The van der Waals surface area contributed by atoms with Crippen molar-refractivity contribution in [1.29, 1.82) is 5.26 Å². The molecule has 0 aromatic rings. The number of nitrogens with zero attached hydrogens (tertiary/aromatic N) is 2. The SMILES string of the molecule is CC(C)CC1(C(=O)N2CCNCC2C#N)CCCC1. The molecule has 1 saturated heterocycles. The van der Waals surface area contributed by atoms with Gasteiger partial charge in [-0.1, -0.05) is 26.7 Å². The third kappa shape index (κ3) is 2.92. The molecule has 0 aromatic carbocycles. The molecule has 2 rings (SSSR count). The van der Waals surface area contributed by atoms with Gasteiger partial charge in [0.05, 0.1) is 6.07 Å². The second kappa shape index (κ2) is 5.92. The summed E-state index contributed by atoms with van der Waals surface area (Å²) >= 11 is 0. The Labute approximate surface area is 116 Å². The van der Waals surface area contributed by atoms with E-state index in [1.165, 1.54) is 0 Å². The van der Waals surface area contributed by atoms with Gasteiger partial charge in [0.25, 0.3) is 0 Å².